The van der Waals surface area contributed by atoms with Crippen LogP contribution in [-0.4, -0.2) is 44.3 Å². The molecule has 0 unspecified atom stereocenters. The number of benzene rings is 1. The van der Waals surface area contributed by atoms with Crippen molar-refractivity contribution in [2.24, 2.45) is 0 Å². The molecule has 1 aliphatic rings. The molecule has 7 nitrogen and oxygen atoms in total. The summed E-state index contributed by atoms with van der Waals surface area (Å²) in [6, 6.07) is 5.77. The third kappa shape index (κ3) is 3.01. The number of carbonyl (C=O) groups is 2. The summed E-state index contributed by atoms with van der Waals surface area (Å²) >= 11 is 0. The number of carboxylic acid groups (broad SMARTS) is 1. The summed E-state index contributed by atoms with van der Waals surface area (Å²) in [5, 5.41) is 14.6. The van der Waals surface area contributed by atoms with Gasteiger partial charge in [0.15, 0.2) is 5.69 Å². The van der Waals surface area contributed by atoms with E-state index < -0.39 is 17.9 Å². The summed E-state index contributed by atoms with van der Waals surface area (Å²) in [6.45, 7) is 4.02. The molecule has 3 rings (SSSR count). The van der Waals surface area contributed by atoms with Gasteiger partial charge in [0, 0.05) is 11.9 Å². The lowest BCUT2D eigenvalue weighted by Gasteiger charge is -2.33. The maximum Gasteiger partial charge on any atom is 0.326 e. The Hall–Kier alpha value is -2.70. The summed E-state index contributed by atoms with van der Waals surface area (Å²) in [6.07, 6.45) is 1.97. The number of carboxylic acids is 1. The highest BCUT2D eigenvalue weighted by molar-refractivity contribution is 6.05. The van der Waals surface area contributed by atoms with E-state index in [0.717, 1.165) is 12.8 Å². The quantitative estimate of drug-likeness (QED) is 0.921. The largest absolute Gasteiger partial charge is 0.480 e. The number of carbonyl (C=O) groups excluding carboxylic acids is 1. The highest BCUT2D eigenvalue weighted by Gasteiger charge is 2.34. The van der Waals surface area contributed by atoms with Crippen LogP contribution in [0.15, 0.2) is 29.1 Å². The van der Waals surface area contributed by atoms with Gasteiger partial charge in [0.25, 0.3) is 11.5 Å². The van der Waals surface area contributed by atoms with Crippen molar-refractivity contribution in [1.29, 1.82) is 0 Å². The standard InChI is InChI=1S/C18H21N3O4/c1-11(2)21-16(22)13-8-4-3-7-12(13)15(19-21)17(23)20-10-6-5-9-14(20)18(24)25/h3-4,7-8,11,14H,5-6,9-10H2,1-2H3,(H,24,25)/t14-/m0/s1. The third-order valence-corrected chi connectivity index (χ3v) is 4.57. The molecule has 0 aliphatic carbocycles. The number of fused-ring (bicyclic) bond motifs is 1. The van der Waals surface area contributed by atoms with Crippen LogP contribution in [0.2, 0.25) is 0 Å². The number of nitrogens with zero attached hydrogens (tertiary/aromatic N) is 3. The zero-order valence-electron chi connectivity index (χ0n) is 14.3. The molecule has 0 saturated carbocycles. The van der Waals surface area contributed by atoms with Gasteiger partial charge >= 0.3 is 5.97 Å². The SMILES string of the molecule is CC(C)n1nc(C(=O)N2CCCC[C@H]2C(=O)O)c2ccccc2c1=O. The molecule has 1 aromatic heterocycles. The molecule has 1 aliphatic heterocycles. The van der Waals surface area contributed by atoms with Gasteiger partial charge in [-0.1, -0.05) is 18.2 Å². The molecule has 7 heteroatoms. The fraction of sp³-hybridized carbons (Fsp3) is 0.444. The van der Waals surface area contributed by atoms with Crippen LogP contribution in [0.25, 0.3) is 10.8 Å². The predicted octanol–water partition coefficient (Wildman–Crippen LogP) is 2.06. The summed E-state index contributed by atoms with van der Waals surface area (Å²) in [7, 11) is 0. The predicted molar refractivity (Wildman–Crippen MR) is 92.7 cm³/mol. The molecule has 1 atom stereocenters. The molecular formula is C18H21N3O4. The Morgan fingerprint density at radius 2 is 1.88 bits per heavy atom. The number of hydrogen-bond donors (Lipinski definition) is 1. The van der Waals surface area contributed by atoms with Crippen LogP contribution in [-0.2, 0) is 4.79 Å². The van der Waals surface area contributed by atoms with Crippen LogP contribution in [0.3, 0.4) is 0 Å². The maximum atomic E-state index is 13.1. The van der Waals surface area contributed by atoms with E-state index in [-0.39, 0.29) is 17.3 Å². The fourth-order valence-electron chi connectivity index (χ4n) is 3.28. The Balaban J connectivity index is 2.17. The fourth-order valence-corrected chi connectivity index (χ4v) is 3.28. The third-order valence-electron chi connectivity index (χ3n) is 4.57. The Morgan fingerprint density at radius 1 is 1.20 bits per heavy atom. The van der Waals surface area contributed by atoms with E-state index >= 15 is 0 Å². The Kier molecular flexibility index (Phi) is 4.57. The molecule has 0 spiro atoms. The van der Waals surface area contributed by atoms with Crippen LogP contribution in [0, 0.1) is 0 Å². The van der Waals surface area contributed by atoms with Crippen LogP contribution in [0.5, 0.6) is 0 Å². The van der Waals surface area contributed by atoms with E-state index in [2.05, 4.69) is 5.10 Å². The van der Waals surface area contributed by atoms with E-state index in [4.69, 9.17) is 0 Å². The van der Waals surface area contributed by atoms with Crippen molar-refractivity contribution >= 4 is 22.6 Å². The second-order valence-electron chi connectivity index (χ2n) is 6.59. The van der Waals surface area contributed by atoms with E-state index in [1.165, 1.54) is 9.58 Å². The van der Waals surface area contributed by atoms with Crippen LogP contribution < -0.4 is 5.56 Å². The van der Waals surface area contributed by atoms with Gasteiger partial charge in [-0.3, -0.25) is 9.59 Å². The number of aromatic nitrogens is 2. The van der Waals surface area contributed by atoms with Crippen molar-refractivity contribution in [3.63, 3.8) is 0 Å². The molecule has 132 valence electrons. The second-order valence-corrected chi connectivity index (χ2v) is 6.59. The molecular weight excluding hydrogens is 322 g/mol. The van der Waals surface area contributed by atoms with Crippen molar-refractivity contribution in [2.75, 3.05) is 6.54 Å². The Morgan fingerprint density at radius 3 is 2.52 bits per heavy atom. The van der Waals surface area contributed by atoms with Gasteiger partial charge in [-0.25, -0.2) is 9.48 Å². The maximum absolute atomic E-state index is 13.1. The van der Waals surface area contributed by atoms with Crippen molar-refractivity contribution in [1.82, 2.24) is 14.7 Å². The minimum atomic E-state index is -1.01. The summed E-state index contributed by atoms with van der Waals surface area (Å²) in [4.78, 5) is 38.6. The normalized spacial score (nSPS) is 17.9. The van der Waals surface area contributed by atoms with Crippen molar-refractivity contribution in [3.8, 4) is 0 Å². The molecule has 2 heterocycles. The molecule has 25 heavy (non-hydrogen) atoms. The highest BCUT2D eigenvalue weighted by atomic mass is 16.4. The summed E-state index contributed by atoms with van der Waals surface area (Å²) in [5.41, 5.74) is -0.118. The number of piperidine rings is 1. The lowest BCUT2D eigenvalue weighted by Crippen LogP contribution is -2.48. The Bertz CT molecular complexity index is 888. The number of amides is 1. The zero-order chi connectivity index (χ0) is 18.1. The first kappa shape index (κ1) is 17.1. The molecule has 1 N–H and O–H groups in total. The van der Waals surface area contributed by atoms with Crippen molar-refractivity contribution < 1.29 is 14.7 Å². The lowest BCUT2D eigenvalue weighted by molar-refractivity contribution is -0.143. The number of hydrogen-bond acceptors (Lipinski definition) is 4. The molecule has 0 radical (unpaired) electrons. The second kappa shape index (κ2) is 6.66. The van der Waals surface area contributed by atoms with Gasteiger partial charge in [0.2, 0.25) is 0 Å². The smallest absolute Gasteiger partial charge is 0.326 e. The average molecular weight is 343 g/mol. The van der Waals surface area contributed by atoms with Gasteiger partial charge in [0.1, 0.15) is 6.04 Å². The zero-order valence-corrected chi connectivity index (χ0v) is 14.3. The van der Waals surface area contributed by atoms with E-state index in [1.54, 1.807) is 24.3 Å². The van der Waals surface area contributed by atoms with Crippen LogP contribution >= 0.6 is 0 Å². The lowest BCUT2D eigenvalue weighted by atomic mass is 10.0. The minimum absolute atomic E-state index is 0.136. The van der Waals surface area contributed by atoms with Gasteiger partial charge in [0.05, 0.1) is 11.4 Å². The molecule has 1 aromatic carbocycles. The van der Waals surface area contributed by atoms with Crippen molar-refractivity contribution in [2.45, 2.75) is 45.2 Å². The first-order valence-electron chi connectivity index (χ1n) is 8.47. The van der Waals surface area contributed by atoms with E-state index in [1.807, 2.05) is 13.8 Å². The highest BCUT2D eigenvalue weighted by Crippen LogP contribution is 2.22. The monoisotopic (exact) mass is 343 g/mol. The molecule has 1 fully saturated rings. The Labute approximate surface area is 144 Å². The van der Waals surface area contributed by atoms with Gasteiger partial charge in [-0.15, -0.1) is 0 Å². The molecule has 0 bridgehead atoms. The molecule has 2 aromatic rings. The van der Waals surface area contributed by atoms with Crippen LogP contribution in [0.1, 0.15) is 49.6 Å². The first-order chi connectivity index (χ1) is 11.9. The minimum Gasteiger partial charge on any atom is -0.480 e. The number of likely N-dealkylation sites (tertiary alicyclic amines) is 1. The van der Waals surface area contributed by atoms with E-state index in [9.17, 15) is 19.5 Å². The van der Waals surface area contributed by atoms with Crippen molar-refractivity contribution in [3.05, 3.63) is 40.3 Å². The summed E-state index contributed by atoms with van der Waals surface area (Å²) in [5.74, 6) is -1.44. The average Bonchev–Trinajstić information content (AvgIpc) is 2.61. The van der Waals surface area contributed by atoms with Crippen LogP contribution in [0.4, 0.5) is 0 Å². The number of rotatable bonds is 3. The molecule has 1 amide bonds. The topological polar surface area (TPSA) is 92.5 Å². The first-order valence-corrected chi connectivity index (χ1v) is 8.47. The van der Waals surface area contributed by atoms with E-state index in [0.29, 0.717) is 23.7 Å². The van der Waals surface area contributed by atoms with Gasteiger partial charge in [-0.2, -0.15) is 5.10 Å². The van der Waals surface area contributed by atoms with Gasteiger partial charge < -0.3 is 10.0 Å². The van der Waals surface area contributed by atoms with Gasteiger partial charge in [-0.05, 0) is 39.2 Å². The molecule has 1 saturated heterocycles. The summed E-state index contributed by atoms with van der Waals surface area (Å²) < 4.78 is 1.29. The number of aliphatic carboxylic acids is 1.